The Bertz CT molecular complexity index is 558. The van der Waals surface area contributed by atoms with E-state index in [4.69, 9.17) is 4.74 Å². The van der Waals surface area contributed by atoms with Crippen molar-refractivity contribution in [1.29, 1.82) is 0 Å². The molecule has 0 bridgehead atoms. The van der Waals surface area contributed by atoms with Crippen LogP contribution in [0.5, 0.6) is 5.75 Å². The number of ether oxygens (including phenoxy) is 1. The number of hydrogen-bond donors (Lipinski definition) is 2. The number of rotatable bonds is 4. The van der Waals surface area contributed by atoms with Gasteiger partial charge in [0.1, 0.15) is 5.75 Å². The molecule has 0 aliphatic carbocycles. The van der Waals surface area contributed by atoms with E-state index in [0.29, 0.717) is 5.56 Å². The molecule has 0 aliphatic rings. The topological polar surface area (TPSA) is 67.0 Å². The molecule has 1 aromatic carbocycles. The van der Waals surface area contributed by atoms with Crippen LogP contribution in [0.15, 0.2) is 30.5 Å². The van der Waals surface area contributed by atoms with Gasteiger partial charge in [-0.15, -0.1) is 0 Å². The number of aryl methyl sites for hydroxylation is 1. The van der Waals surface area contributed by atoms with Gasteiger partial charge in [0, 0.05) is 11.4 Å². The molecule has 19 heavy (non-hydrogen) atoms. The Morgan fingerprint density at radius 2 is 2.00 bits per heavy atom. The van der Waals surface area contributed by atoms with E-state index in [1.54, 1.807) is 0 Å². The highest BCUT2D eigenvalue weighted by atomic mass is 16.5. The summed E-state index contributed by atoms with van der Waals surface area (Å²) in [5.41, 5.74) is 2.02. The van der Waals surface area contributed by atoms with Crippen LogP contribution in [0.2, 0.25) is 0 Å². The van der Waals surface area contributed by atoms with Crippen LogP contribution in [0.4, 0.5) is 5.69 Å². The van der Waals surface area contributed by atoms with Gasteiger partial charge in [0.05, 0.1) is 17.9 Å². The molecule has 0 fully saturated rings. The number of carbonyl (C=O) groups excluding carboxylic acids is 1. The molecule has 1 aromatic heterocycles. The highest BCUT2D eigenvalue weighted by Gasteiger charge is 2.10. The highest BCUT2D eigenvalue weighted by Crippen LogP contribution is 2.17. The lowest BCUT2D eigenvalue weighted by atomic mass is 10.2. The van der Waals surface area contributed by atoms with Crippen molar-refractivity contribution in [3.8, 4) is 5.75 Å². The van der Waals surface area contributed by atoms with E-state index in [2.05, 4.69) is 15.5 Å². The first-order chi connectivity index (χ1) is 9.06. The summed E-state index contributed by atoms with van der Waals surface area (Å²) >= 11 is 0. The van der Waals surface area contributed by atoms with Crippen molar-refractivity contribution in [2.24, 2.45) is 0 Å². The SMILES string of the molecule is Cc1[nH]ncc1C(=O)Nc1ccc(OC(C)C)cc1. The first kappa shape index (κ1) is 13.1. The van der Waals surface area contributed by atoms with Crippen LogP contribution in [0, 0.1) is 6.92 Å². The third kappa shape index (κ3) is 3.34. The monoisotopic (exact) mass is 259 g/mol. The summed E-state index contributed by atoms with van der Waals surface area (Å²) in [6.07, 6.45) is 1.65. The molecule has 1 heterocycles. The van der Waals surface area contributed by atoms with Gasteiger partial charge in [0.25, 0.3) is 5.91 Å². The number of nitrogens with zero attached hydrogens (tertiary/aromatic N) is 1. The van der Waals surface area contributed by atoms with Gasteiger partial charge in [-0.1, -0.05) is 0 Å². The Morgan fingerprint density at radius 1 is 1.32 bits per heavy atom. The molecule has 0 aliphatic heterocycles. The Kier molecular flexibility index (Phi) is 3.85. The molecule has 0 saturated carbocycles. The van der Waals surface area contributed by atoms with Crippen LogP contribution < -0.4 is 10.1 Å². The maximum Gasteiger partial charge on any atom is 0.259 e. The predicted octanol–water partition coefficient (Wildman–Crippen LogP) is 2.76. The first-order valence-electron chi connectivity index (χ1n) is 6.14. The van der Waals surface area contributed by atoms with Crippen molar-refractivity contribution in [3.63, 3.8) is 0 Å². The number of anilines is 1. The number of H-pyrrole nitrogens is 1. The van der Waals surface area contributed by atoms with Gasteiger partial charge >= 0.3 is 0 Å². The summed E-state index contributed by atoms with van der Waals surface area (Å²) < 4.78 is 5.54. The van der Waals surface area contributed by atoms with Crippen LogP contribution >= 0.6 is 0 Å². The van der Waals surface area contributed by atoms with E-state index in [1.165, 1.54) is 6.20 Å². The summed E-state index contributed by atoms with van der Waals surface area (Å²) in [5, 5.41) is 9.37. The van der Waals surface area contributed by atoms with Crippen LogP contribution in [0.3, 0.4) is 0 Å². The van der Waals surface area contributed by atoms with Crippen molar-refractivity contribution < 1.29 is 9.53 Å². The number of benzene rings is 1. The molecule has 5 nitrogen and oxygen atoms in total. The summed E-state index contributed by atoms with van der Waals surface area (Å²) in [7, 11) is 0. The molecule has 2 aromatic rings. The smallest absolute Gasteiger partial charge is 0.259 e. The summed E-state index contributed by atoms with van der Waals surface area (Å²) in [6.45, 7) is 5.75. The average Bonchev–Trinajstić information content (AvgIpc) is 2.77. The molecule has 1 amide bonds. The fourth-order valence-corrected chi connectivity index (χ4v) is 1.67. The predicted molar refractivity (Wildman–Crippen MR) is 73.5 cm³/mol. The number of aromatic amines is 1. The standard InChI is InChI=1S/C14H17N3O2/c1-9(2)19-12-6-4-11(5-7-12)16-14(18)13-8-15-17-10(13)3/h4-9H,1-3H3,(H,15,17)(H,16,18). The van der Waals surface area contributed by atoms with E-state index in [1.807, 2.05) is 45.0 Å². The largest absolute Gasteiger partial charge is 0.491 e. The lowest BCUT2D eigenvalue weighted by Crippen LogP contribution is -2.12. The van der Waals surface area contributed by atoms with Crippen molar-refractivity contribution >= 4 is 11.6 Å². The quantitative estimate of drug-likeness (QED) is 0.887. The van der Waals surface area contributed by atoms with E-state index >= 15 is 0 Å². The highest BCUT2D eigenvalue weighted by molar-refractivity contribution is 6.04. The number of carbonyl (C=O) groups is 1. The number of aromatic nitrogens is 2. The van der Waals surface area contributed by atoms with Crippen molar-refractivity contribution in [3.05, 3.63) is 41.7 Å². The molecule has 100 valence electrons. The molecule has 0 spiro atoms. The summed E-state index contributed by atoms with van der Waals surface area (Å²) in [4.78, 5) is 12.0. The zero-order chi connectivity index (χ0) is 13.8. The molecular formula is C14H17N3O2. The minimum atomic E-state index is -0.177. The average molecular weight is 259 g/mol. The minimum absolute atomic E-state index is 0.133. The van der Waals surface area contributed by atoms with E-state index in [9.17, 15) is 4.79 Å². The van der Waals surface area contributed by atoms with Gasteiger partial charge in [0.15, 0.2) is 0 Å². The van der Waals surface area contributed by atoms with Gasteiger partial charge in [-0.3, -0.25) is 9.89 Å². The molecule has 2 rings (SSSR count). The zero-order valence-electron chi connectivity index (χ0n) is 11.2. The lowest BCUT2D eigenvalue weighted by molar-refractivity contribution is 0.102. The van der Waals surface area contributed by atoms with E-state index in [0.717, 1.165) is 17.1 Å². The number of hydrogen-bond acceptors (Lipinski definition) is 3. The van der Waals surface area contributed by atoms with Crippen LogP contribution in [0.1, 0.15) is 29.9 Å². The minimum Gasteiger partial charge on any atom is -0.491 e. The van der Waals surface area contributed by atoms with Crippen molar-refractivity contribution in [2.75, 3.05) is 5.32 Å². The molecule has 0 atom stereocenters. The zero-order valence-corrected chi connectivity index (χ0v) is 11.2. The third-order valence-electron chi connectivity index (χ3n) is 2.56. The third-order valence-corrected chi connectivity index (χ3v) is 2.56. The molecule has 0 saturated heterocycles. The Balaban J connectivity index is 2.04. The van der Waals surface area contributed by atoms with E-state index < -0.39 is 0 Å². The fraction of sp³-hybridized carbons (Fsp3) is 0.286. The Labute approximate surface area is 112 Å². The van der Waals surface area contributed by atoms with Gasteiger partial charge in [-0.25, -0.2) is 0 Å². The first-order valence-corrected chi connectivity index (χ1v) is 6.14. The summed E-state index contributed by atoms with van der Waals surface area (Å²) in [6, 6.07) is 7.28. The van der Waals surface area contributed by atoms with Crippen LogP contribution in [-0.2, 0) is 0 Å². The Hall–Kier alpha value is -2.30. The van der Waals surface area contributed by atoms with Gasteiger partial charge in [-0.05, 0) is 45.0 Å². The number of nitrogens with one attached hydrogen (secondary N) is 2. The van der Waals surface area contributed by atoms with E-state index in [-0.39, 0.29) is 12.0 Å². The maximum atomic E-state index is 12.0. The lowest BCUT2D eigenvalue weighted by Gasteiger charge is -2.10. The fourth-order valence-electron chi connectivity index (χ4n) is 1.67. The summed E-state index contributed by atoms with van der Waals surface area (Å²) in [5.74, 6) is 0.608. The molecule has 0 unspecified atom stereocenters. The second-order valence-electron chi connectivity index (χ2n) is 4.55. The van der Waals surface area contributed by atoms with Crippen LogP contribution in [0.25, 0.3) is 0 Å². The van der Waals surface area contributed by atoms with Gasteiger partial charge < -0.3 is 10.1 Å². The van der Waals surface area contributed by atoms with Gasteiger partial charge in [0.2, 0.25) is 0 Å². The molecule has 0 radical (unpaired) electrons. The normalized spacial score (nSPS) is 10.5. The molecule has 5 heteroatoms. The Morgan fingerprint density at radius 3 is 2.53 bits per heavy atom. The molecular weight excluding hydrogens is 242 g/mol. The van der Waals surface area contributed by atoms with Crippen LogP contribution in [-0.4, -0.2) is 22.2 Å². The van der Waals surface area contributed by atoms with Crippen molar-refractivity contribution in [2.45, 2.75) is 26.9 Å². The van der Waals surface area contributed by atoms with Crippen molar-refractivity contribution in [1.82, 2.24) is 10.2 Å². The maximum absolute atomic E-state index is 12.0. The second kappa shape index (κ2) is 5.56. The second-order valence-corrected chi connectivity index (χ2v) is 4.55. The molecule has 2 N–H and O–H groups in total. The van der Waals surface area contributed by atoms with Gasteiger partial charge in [-0.2, -0.15) is 5.10 Å². The number of amides is 1.